The first-order valence-electron chi connectivity index (χ1n) is 6.27. The molecular weight excluding hydrogens is 218 g/mol. The van der Waals surface area contributed by atoms with E-state index in [0.29, 0.717) is 25.4 Å². The Hall–Kier alpha value is -1.32. The van der Waals surface area contributed by atoms with Crippen molar-refractivity contribution in [2.45, 2.75) is 38.1 Å². The number of hydrogen-bond donors (Lipinski definition) is 1. The largest absolute Gasteiger partial charge is 0.481 e. The molecule has 0 saturated heterocycles. The summed E-state index contributed by atoms with van der Waals surface area (Å²) in [5, 5.41) is 8.94. The van der Waals surface area contributed by atoms with Crippen LogP contribution in [0.4, 0.5) is 0 Å². The number of hydrogen-bond acceptors (Lipinski definition) is 2. The van der Waals surface area contributed by atoms with Crippen LogP contribution in [0.5, 0.6) is 0 Å². The maximum absolute atomic E-state index is 12.3. The van der Waals surface area contributed by atoms with Gasteiger partial charge in [-0.2, -0.15) is 0 Å². The fourth-order valence-corrected chi connectivity index (χ4v) is 2.61. The predicted molar refractivity (Wildman–Crippen MR) is 63.4 cm³/mol. The van der Waals surface area contributed by atoms with E-state index in [1.54, 1.807) is 6.08 Å². The summed E-state index contributed by atoms with van der Waals surface area (Å²) >= 11 is 0. The maximum atomic E-state index is 12.3. The minimum absolute atomic E-state index is 0.0864. The predicted octanol–water partition coefficient (Wildman–Crippen LogP) is 1.66. The van der Waals surface area contributed by atoms with Crippen LogP contribution in [0.3, 0.4) is 0 Å². The highest BCUT2D eigenvalue weighted by Crippen LogP contribution is 2.35. The summed E-state index contributed by atoms with van der Waals surface area (Å²) in [6.45, 7) is 4.27. The quantitative estimate of drug-likeness (QED) is 0.740. The third-order valence-corrected chi connectivity index (χ3v) is 3.73. The molecule has 0 aromatic heterocycles. The minimum atomic E-state index is -0.762. The van der Waals surface area contributed by atoms with Crippen LogP contribution < -0.4 is 0 Å². The third-order valence-electron chi connectivity index (χ3n) is 3.73. The molecule has 0 aliphatic heterocycles. The summed E-state index contributed by atoms with van der Waals surface area (Å²) < 4.78 is 0. The Kier molecular flexibility index (Phi) is 3.50. The van der Waals surface area contributed by atoms with Crippen LogP contribution in [0, 0.1) is 11.8 Å². The molecule has 0 aromatic carbocycles. The Balaban J connectivity index is 1.94. The SMILES string of the molecule is C=CCN(C(=O)C1CCC(C(=O)O)C1)C1CC1. The average Bonchev–Trinajstić information content (AvgIpc) is 3.00. The fourth-order valence-electron chi connectivity index (χ4n) is 2.61. The average molecular weight is 237 g/mol. The highest BCUT2D eigenvalue weighted by molar-refractivity contribution is 5.81. The van der Waals surface area contributed by atoms with E-state index < -0.39 is 5.97 Å². The molecule has 4 nitrogen and oxygen atoms in total. The Labute approximate surface area is 101 Å². The van der Waals surface area contributed by atoms with Crippen molar-refractivity contribution in [3.8, 4) is 0 Å². The topological polar surface area (TPSA) is 57.6 Å². The molecule has 0 aromatic rings. The number of amides is 1. The molecule has 2 aliphatic rings. The van der Waals surface area contributed by atoms with Gasteiger partial charge in [0.15, 0.2) is 0 Å². The fraction of sp³-hybridized carbons (Fsp3) is 0.692. The standard InChI is InChI=1S/C13H19NO3/c1-2-7-14(11-5-6-11)12(15)9-3-4-10(8-9)13(16)17/h2,9-11H,1,3-8H2,(H,16,17). The van der Waals surface area contributed by atoms with E-state index in [2.05, 4.69) is 6.58 Å². The summed E-state index contributed by atoms with van der Waals surface area (Å²) in [6, 6.07) is 0.379. The highest BCUT2D eigenvalue weighted by Gasteiger charge is 2.39. The van der Waals surface area contributed by atoms with E-state index in [4.69, 9.17) is 5.11 Å². The van der Waals surface area contributed by atoms with Gasteiger partial charge in [0, 0.05) is 18.5 Å². The lowest BCUT2D eigenvalue weighted by Gasteiger charge is -2.24. The van der Waals surface area contributed by atoms with Crippen molar-refractivity contribution < 1.29 is 14.7 Å². The second kappa shape index (κ2) is 4.90. The Morgan fingerprint density at radius 3 is 2.35 bits per heavy atom. The van der Waals surface area contributed by atoms with E-state index >= 15 is 0 Å². The van der Waals surface area contributed by atoms with E-state index in [9.17, 15) is 9.59 Å². The van der Waals surface area contributed by atoms with E-state index in [1.165, 1.54) is 0 Å². The van der Waals surface area contributed by atoms with Gasteiger partial charge in [-0.05, 0) is 32.1 Å². The van der Waals surface area contributed by atoms with Crippen molar-refractivity contribution in [1.29, 1.82) is 0 Å². The second-order valence-electron chi connectivity index (χ2n) is 5.06. The maximum Gasteiger partial charge on any atom is 0.306 e. The van der Waals surface area contributed by atoms with Gasteiger partial charge in [0.05, 0.1) is 5.92 Å². The van der Waals surface area contributed by atoms with Crippen molar-refractivity contribution in [2.24, 2.45) is 11.8 Å². The van der Waals surface area contributed by atoms with E-state index in [-0.39, 0.29) is 17.7 Å². The number of carbonyl (C=O) groups is 2. The van der Waals surface area contributed by atoms with Crippen molar-refractivity contribution in [3.63, 3.8) is 0 Å². The smallest absolute Gasteiger partial charge is 0.306 e. The van der Waals surface area contributed by atoms with Crippen LogP contribution in [0.2, 0.25) is 0 Å². The third kappa shape index (κ3) is 2.68. The van der Waals surface area contributed by atoms with Crippen LogP contribution in [0.1, 0.15) is 32.1 Å². The molecule has 1 N–H and O–H groups in total. The molecule has 4 heteroatoms. The summed E-state index contributed by atoms with van der Waals surface area (Å²) in [4.78, 5) is 25.0. The molecule has 2 atom stereocenters. The summed E-state index contributed by atoms with van der Waals surface area (Å²) in [6.07, 6.45) is 5.77. The van der Waals surface area contributed by atoms with Crippen molar-refractivity contribution in [2.75, 3.05) is 6.54 Å². The molecule has 17 heavy (non-hydrogen) atoms. The second-order valence-corrected chi connectivity index (χ2v) is 5.06. The first kappa shape index (κ1) is 12.1. The van der Waals surface area contributed by atoms with Gasteiger partial charge < -0.3 is 10.0 Å². The molecular formula is C13H19NO3. The highest BCUT2D eigenvalue weighted by atomic mass is 16.4. The molecule has 2 unspecified atom stereocenters. The van der Waals surface area contributed by atoms with Crippen LogP contribution in [0.25, 0.3) is 0 Å². The van der Waals surface area contributed by atoms with Crippen LogP contribution >= 0.6 is 0 Å². The van der Waals surface area contributed by atoms with Crippen molar-refractivity contribution in [3.05, 3.63) is 12.7 Å². The van der Waals surface area contributed by atoms with Crippen molar-refractivity contribution in [1.82, 2.24) is 4.90 Å². The summed E-state index contributed by atoms with van der Waals surface area (Å²) in [5.74, 6) is -1.04. The molecule has 0 spiro atoms. The first-order chi connectivity index (χ1) is 8.13. The number of rotatable bonds is 5. The van der Waals surface area contributed by atoms with Gasteiger partial charge in [0.25, 0.3) is 0 Å². The van der Waals surface area contributed by atoms with E-state index in [1.807, 2.05) is 4.90 Å². The summed E-state index contributed by atoms with van der Waals surface area (Å²) in [5.41, 5.74) is 0. The lowest BCUT2D eigenvalue weighted by atomic mass is 10.0. The van der Waals surface area contributed by atoms with Gasteiger partial charge >= 0.3 is 5.97 Å². The lowest BCUT2D eigenvalue weighted by molar-refractivity contribution is -0.141. The normalized spacial score (nSPS) is 27.8. The van der Waals surface area contributed by atoms with Crippen LogP contribution in [0.15, 0.2) is 12.7 Å². The van der Waals surface area contributed by atoms with Gasteiger partial charge in [-0.1, -0.05) is 6.08 Å². The van der Waals surface area contributed by atoms with Gasteiger partial charge in [-0.15, -0.1) is 6.58 Å². The van der Waals surface area contributed by atoms with Crippen molar-refractivity contribution >= 4 is 11.9 Å². The number of carboxylic acid groups (broad SMARTS) is 1. The first-order valence-corrected chi connectivity index (χ1v) is 6.27. The molecule has 0 radical (unpaired) electrons. The molecule has 94 valence electrons. The molecule has 0 heterocycles. The molecule has 1 amide bonds. The zero-order valence-electron chi connectivity index (χ0n) is 9.97. The zero-order chi connectivity index (χ0) is 12.4. The van der Waals surface area contributed by atoms with Gasteiger partial charge in [0.2, 0.25) is 5.91 Å². The Morgan fingerprint density at radius 1 is 1.24 bits per heavy atom. The Morgan fingerprint density at radius 2 is 1.88 bits per heavy atom. The van der Waals surface area contributed by atoms with E-state index in [0.717, 1.165) is 19.3 Å². The van der Waals surface area contributed by atoms with Gasteiger partial charge in [-0.25, -0.2) is 0 Å². The summed E-state index contributed by atoms with van der Waals surface area (Å²) in [7, 11) is 0. The van der Waals surface area contributed by atoms with Gasteiger partial charge in [-0.3, -0.25) is 9.59 Å². The van der Waals surface area contributed by atoms with Crippen LogP contribution in [-0.4, -0.2) is 34.5 Å². The molecule has 2 fully saturated rings. The zero-order valence-corrected chi connectivity index (χ0v) is 9.97. The molecule has 2 aliphatic carbocycles. The number of aliphatic carboxylic acids is 1. The lowest BCUT2D eigenvalue weighted by Crippen LogP contribution is -2.37. The minimum Gasteiger partial charge on any atom is -0.481 e. The number of carboxylic acids is 1. The Bertz CT molecular complexity index is 336. The molecule has 2 saturated carbocycles. The monoisotopic (exact) mass is 237 g/mol. The number of carbonyl (C=O) groups excluding carboxylic acids is 1. The molecule has 2 rings (SSSR count). The van der Waals surface area contributed by atoms with Crippen LogP contribution in [-0.2, 0) is 9.59 Å². The van der Waals surface area contributed by atoms with Gasteiger partial charge in [0.1, 0.15) is 0 Å². The number of nitrogens with zero attached hydrogens (tertiary/aromatic N) is 1. The molecule has 0 bridgehead atoms.